The van der Waals surface area contributed by atoms with Crippen molar-refractivity contribution in [2.45, 2.75) is 53.2 Å². The second-order valence-corrected chi connectivity index (χ2v) is 8.21. The average Bonchev–Trinajstić information content (AvgIpc) is 2.98. The Balaban J connectivity index is 1.80. The summed E-state index contributed by atoms with van der Waals surface area (Å²) in [5.74, 6) is 0.716. The standard InChI is InChI=1S/C20H29N5O2/c1-13(2)27-16-8-6-15(7-9-16)25-14(3)18(22-23-25)19(26)24-11-10-17(21)20(4,5)12-24/h6-9,13,17H,10-12,21H2,1-5H3. The first-order valence-electron chi connectivity index (χ1n) is 9.43. The van der Waals surface area contributed by atoms with Gasteiger partial charge in [-0.3, -0.25) is 4.79 Å². The molecule has 0 radical (unpaired) electrons. The molecule has 2 N–H and O–H groups in total. The molecule has 1 amide bonds. The minimum absolute atomic E-state index is 0.0847. The van der Waals surface area contributed by atoms with Gasteiger partial charge >= 0.3 is 0 Å². The highest BCUT2D eigenvalue weighted by Gasteiger charge is 2.36. The summed E-state index contributed by atoms with van der Waals surface area (Å²) in [5, 5.41) is 8.36. The Hall–Kier alpha value is -2.41. The predicted octanol–water partition coefficient (Wildman–Crippen LogP) is 2.56. The Kier molecular flexibility index (Phi) is 5.24. The fraction of sp³-hybridized carbons (Fsp3) is 0.550. The highest BCUT2D eigenvalue weighted by atomic mass is 16.5. The topological polar surface area (TPSA) is 86.3 Å². The number of carbonyl (C=O) groups excluding carboxylic acids is 1. The largest absolute Gasteiger partial charge is 0.491 e. The van der Waals surface area contributed by atoms with Gasteiger partial charge in [-0.05, 0) is 56.9 Å². The highest BCUT2D eigenvalue weighted by Crippen LogP contribution is 2.29. The second-order valence-electron chi connectivity index (χ2n) is 8.21. The van der Waals surface area contributed by atoms with Crippen LogP contribution < -0.4 is 10.5 Å². The quantitative estimate of drug-likeness (QED) is 0.893. The van der Waals surface area contributed by atoms with Gasteiger partial charge in [-0.15, -0.1) is 5.10 Å². The van der Waals surface area contributed by atoms with Crippen LogP contribution in [0.2, 0.25) is 0 Å². The number of likely N-dealkylation sites (tertiary alicyclic amines) is 1. The molecule has 0 saturated carbocycles. The van der Waals surface area contributed by atoms with Gasteiger partial charge in [0.15, 0.2) is 5.69 Å². The van der Waals surface area contributed by atoms with E-state index in [9.17, 15) is 4.79 Å². The molecular weight excluding hydrogens is 342 g/mol. The maximum atomic E-state index is 13.0. The van der Waals surface area contributed by atoms with Crippen LogP contribution in [0.3, 0.4) is 0 Å². The van der Waals surface area contributed by atoms with E-state index in [2.05, 4.69) is 24.2 Å². The molecule has 1 aliphatic heterocycles. The van der Waals surface area contributed by atoms with E-state index in [1.165, 1.54) is 0 Å². The Morgan fingerprint density at radius 2 is 1.96 bits per heavy atom. The predicted molar refractivity (Wildman–Crippen MR) is 104 cm³/mol. The van der Waals surface area contributed by atoms with E-state index >= 15 is 0 Å². The van der Waals surface area contributed by atoms with Gasteiger partial charge in [0.2, 0.25) is 0 Å². The molecule has 2 heterocycles. The van der Waals surface area contributed by atoms with Gasteiger partial charge in [-0.2, -0.15) is 0 Å². The molecule has 7 heteroatoms. The number of hydrogen-bond acceptors (Lipinski definition) is 5. The molecule has 7 nitrogen and oxygen atoms in total. The average molecular weight is 371 g/mol. The number of ether oxygens (including phenoxy) is 1. The third kappa shape index (κ3) is 3.98. The molecule has 1 fully saturated rings. The van der Waals surface area contributed by atoms with E-state index in [0.29, 0.717) is 18.8 Å². The number of piperidine rings is 1. The number of hydrogen-bond donors (Lipinski definition) is 1. The Morgan fingerprint density at radius 3 is 2.56 bits per heavy atom. The Morgan fingerprint density at radius 1 is 1.30 bits per heavy atom. The number of nitrogens with zero attached hydrogens (tertiary/aromatic N) is 4. The zero-order chi connectivity index (χ0) is 19.8. The van der Waals surface area contributed by atoms with Crippen LogP contribution in [0, 0.1) is 12.3 Å². The summed E-state index contributed by atoms with van der Waals surface area (Å²) >= 11 is 0. The molecule has 1 aromatic heterocycles. The molecular formula is C20H29N5O2. The smallest absolute Gasteiger partial charge is 0.276 e. The summed E-state index contributed by atoms with van der Waals surface area (Å²) in [6.07, 6.45) is 0.915. The first kappa shape index (κ1) is 19.4. The fourth-order valence-corrected chi connectivity index (χ4v) is 3.41. The molecule has 1 atom stereocenters. The third-order valence-electron chi connectivity index (χ3n) is 5.15. The summed E-state index contributed by atoms with van der Waals surface area (Å²) in [4.78, 5) is 14.8. The summed E-state index contributed by atoms with van der Waals surface area (Å²) < 4.78 is 7.36. The van der Waals surface area contributed by atoms with Crippen LogP contribution in [0.5, 0.6) is 5.75 Å². The fourth-order valence-electron chi connectivity index (χ4n) is 3.41. The van der Waals surface area contributed by atoms with Gasteiger partial charge in [-0.1, -0.05) is 19.1 Å². The van der Waals surface area contributed by atoms with Crippen molar-refractivity contribution in [3.63, 3.8) is 0 Å². The first-order valence-corrected chi connectivity index (χ1v) is 9.43. The van der Waals surface area contributed by atoms with Crippen LogP contribution in [-0.2, 0) is 0 Å². The van der Waals surface area contributed by atoms with Gasteiger partial charge in [0, 0.05) is 19.1 Å². The highest BCUT2D eigenvalue weighted by molar-refractivity contribution is 5.93. The molecule has 0 spiro atoms. The van der Waals surface area contributed by atoms with Crippen molar-refractivity contribution >= 4 is 5.91 Å². The molecule has 27 heavy (non-hydrogen) atoms. The molecule has 1 aromatic carbocycles. The number of nitrogens with two attached hydrogens (primary N) is 1. The number of carbonyl (C=O) groups is 1. The Bertz CT molecular complexity index is 810. The van der Waals surface area contributed by atoms with Crippen LogP contribution in [0.4, 0.5) is 0 Å². The molecule has 1 aliphatic rings. The van der Waals surface area contributed by atoms with Crippen molar-refractivity contribution in [2.24, 2.45) is 11.1 Å². The van der Waals surface area contributed by atoms with Crippen molar-refractivity contribution in [3.05, 3.63) is 35.7 Å². The van der Waals surface area contributed by atoms with Crippen molar-refractivity contribution in [1.82, 2.24) is 19.9 Å². The Labute approximate surface area is 160 Å². The number of aromatic nitrogens is 3. The molecule has 0 bridgehead atoms. The van der Waals surface area contributed by atoms with Gasteiger partial charge in [-0.25, -0.2) is 4.68 Å². The first-order chi connectivity index (χ1) is 12.7. The normalized spacial score (nSPS) is 19.4. The second kappa shape index (κ2) is 7.31. The van der Waals surface area contributed by atoms with E-state index in [0.717, 1.165) is 23.6 Å². The van der Waals surface area contributed by atoms with E-state index in [1.54, 1.807) is 4.68 Å². The van der Waals surface area contributed by atoms with Crippen LogP contribution in [0.25, 0.3) is 5.69 Å². The summed E-state index contributed by atoms with van der Waals surface area (Å²) in [7, 11) is 0. The molecule has 2 aromatic rings. The van der Waals surface area contributed by atoms with Crippen LogP contribution in [0.1, 0.15) is 50.3 Å². The lowest BCUT2D eigenvalue weighted by Crippen LogP contribution is -2.54. The number of rotatable bonds is 4. The van der Waals surface area contributed by atoms with Crippen LogP contribution in [0.15, 0.2) is 24.3 Å². The van der Waals surface area contributed by atoms with Crippen molar-refractivity contribution in [2.75, 3.05) is 13.1 Å². The maximum Gasteiger partial charge on any atom is 0.276 e. The SMILES string of the molecule is Cc1c(C(=O)N2CCC(N)C(C)(C)C2)nnn1-c1ccc(OC(C)C)cc1. The minimum atomic E-state index is -0.107. The van der Waals surface area contributed by atoms with E-state index in [4.69, 9.17) is 10.5 Å². The lowest BCUT2D eigenvalue weighted by atomic mass is 9.79. The maximum absolute atomic E-state index is 13.0. The molecule has 0 aliphatic carbocycles. The van der Waals surface area contributed by atoms with E-state index in [1.807, 2.05) is 49.9 Å². The molecule has 146 valence electrons. The van der Waals surface area contributed by atoms with Crippen LogP contribution >= 0.6 is 0 Å². The minimum Gasteiger partial charge on any atom is -0.491 e. The molecule has 1 unspecified atom stereocenters. The van der Waals surface area contributed by atoms with Gasteiger partial charge < -0.3 is 15.4 Å². The van der Waals surface area contributed by atoms with E-state index < -0.39 is 0 Å². The molecule has 1 saturated heterocycles. The van der Waals surface area contributed by atoms with Gasteiger partial charge in [0.1, 0.15) is 5.75 Å². The van der Waals surface area contributed by atoms with E-state index in [-0.39, 0.29) is 23.5 Å². The van der Waals surface area contributed by atoms with Crippen molar-refractivity contribution < 1.29 is 9.53 Å². The van der Waals surface area contributed by atoms with Crippen molar-refractivity contribution in [1.29, 1.82) is 0 Å². The monoisotopic (exact) mass is 371 g/mol. The van der Waals surface area contributed by atoms with Gasteiger partial charge in [0.25, 0.3) is 5.91 Å². The van der Waals surface area contributed by atoms with Crippen LogP contribution in [-0.4, -0.2) is 51.0 Å². The summed E-state index contributed by atoms with van der Waals surface area (Å²) in [6, 6.07) is 7.72. The number of benzene rings is 1. The lowest BCUT2D eigenvalue weighted by molar-refractivity contribution is 0.0526. The number of amides is 1. The molecule has 3 rings (SSSR count). The summed E-state index contributed by atoms with van der Waals surface area (Å²) in [6.45, 7) is 11.3. The zero-order valence-electron chi connectivity index (χ0n) is 16.8. The zero-order valence-corrected chi connectivity index (χ0v) is 16.8. The summed E-state index contributed by atoms with van der Waals surface area (Å²) in [5.41, 5.74) is 8.04. The van der Waals surface area contributed by atoms with Crippen molar-refractivity contribution in [3.8, 4) is 11.4 Å². The van der Waals surface area contributed by atoms with Gasteiger partial charge in [0.05, 0.1) is 17.5 Å². The lowest BCUT2D eigenvalue weighted by Gasteiger charge is -2.42. The third-order valence-corrected chi connectivity index (χ3v) is 5.15.